The first kappa shape index (κ1) is 17.9. The Morgan fingerprint density at radius 1 is 1.28 bits per heavy atom. The predicted molar refractivity (Wildman–Crippen MR) is 94.9 cm³/mol. The van der Waals surface area contributed by atoms with Crippen LogP contribution in [0, 0.1) is 18.8 Å². The fourth-order valence-electron chi connectivity index (χ4n) is 4.21. The number of H-pyrrole nitrogens is 1. The number of hydrogen-bond donors (Lipinski definition) is 2. The molecule has 1 aromatic heterocycles. The van der Waals surface area contributed by atoms with Gasteiger partial charge in [-0.15, -0.1) is 0 Å². The minimum absolute atomic E-state index is 0.0677. The number of rotatable bonds is 4. The Morgan fingerprint density at radius 3 is 2.52 bits per heavy atom. The van der Waals surface area contributed by atoms with Crippen molar-refractivity contribution >= 4 is 11.8 Å². The monoisotopic (exact) mass is 347 g/mol. The molecule has 7 nitrogen and oxygen atoms in total. The van der Waals surface area contributed by atoms with E-state index in [2.05, 4.69) is 23.9 Å². The number of nitrogens with one attached hydrogen (secondary N) is 1. The van der Waals surface area contributed by atoms with E-state index in [4.69, 9.17) is 10.7 Å². The molecule has 2 aliphatic rings. The summed E-state index contributed by atoms with van der Waals surface area (Å²) in [5.41, 5.74) is 7.50. The van der Waals surface area contributed by atoms with E-state index in [-0.39, 0.29) is 29.6 Å². The molecule has 3 rings (SSSR count). The molecular weight excluding hydrogens is 318 g/mol. The number of imidazole rings is 1. The van der Waals surface area contributed by atoms with Gasteiger partial charge in [0.05, 0.1) is 11.6 Å². The number of likely N-dealkylation sites (N-methyl/N-ethyl adjacent to an activating group) is 1. The largest absolute Gasteiger partial charge is 0.369 e. The van der Waals surface area contributed by atoms with E-state index < -0.39 is 0 Å². The number of carbonyl (C=O) groups is 2. The van der Waals surface area contributed by atoms with E-state index in [1.165, 1.54) is 0 Å². The Kier molecular flexibility index (Phi) is 5.13. The van der Waals surface area contributed by atoms with Crippen LogP contribution in [0.15, 0.2) is 0 Å². The van der Waals surface area contributed by atoms with Gasteiger partial charge in [0.25, 0.3) is 0 Å². The third-order valence-electron chi connectivity index (χ3n) is 5.69. The topological polar surface area (TPSA) is 95.3 Å². The van der Waals surface area contributed by atoms with Gasteiger partial charge in [0.2, 0.25) is 11.8 Å². The summed E-state index contributed by atoms with van der Waals surface area (Å²) in [6, 6.07) is 0. The number of nitrogens with two attached hydrogens (primary N) is 1. The molecule has 2 amide bonds. The first-order chi connectivity index (χ1) is 11.9. The summed E-state index contributed by atoms with van der Waals surface area (Å²) in [7, 11) is 2.06. The lowest BCUT2D eigenvalue weighted by Gasteiger charge is -2.33. The molecule has 2 saturated heterocycles. The SMILES string of the molecule is CCc1nc([C@H]2CN(C)C[C@@H]2C(=O)N2CCC(C(N)=O)CC2)c(C)[nH]1. The Bertz CT molecular complexity index is 648. The first-order valence-corrected chi connectivity index (χ1v) is 9.22. The maximum atomic E-state index is 13.1. The highest BCUT2D eigenvalue weighted by molar-refractivity contribution is 5.81. The lowest BCUT2D eigenvalue weighted by atomic mass is 9.89. The van der Waals surface area contributed by atoms with Crippen LogP contribution in [0.5, 0.6) is 0 Å². The number of piperidine rings is 1. The van der Waals surface area contributed by atoms with Gasteiger partial charge in [-0.3, -0.25) is 9.59 Å². The summed E-state index contributed by atoms with van der Waals surface area (Å²) in [6.07, 6.45) is 2.22. The van der Waals surface area contributed by atoms with E-state index in [0.717, 1.165) is 36.7 Å². The number of nitrogens with zero attached hydrogens (tertiary/aromatic N) is 3. The van der Waals surface area contributed by atoms with Gasteiger partial charge >= 0.3 is 0 Å². The summed E-state index contributed by atoms with van der Waals surface area (Å²) in [4.78, 5) is 36.7. The molecule has 0 aliphatic carbocycles. The van der Waals surface area contributed by atoms with Gasteiger partial charge < -0.3 is 20.5 Å². The standard InChI is InChI=1S/C18H29N5O2/c1-4-15-20-11(2)16(21-15)13-9-22(3)10-14(13)18(25)23-7-5-12(6-8-23)17(19)24/h12-14H,4-10H2,1-3H3,(H2,19,24)(H,20,21)/t13-,14-/m0/s1. The second-order valence-corrected chi connectivity index (χ2v) is 7.48. The summed E-state index contributed by atoms with van der Waals surface area (Å²) in [5.74, 6) is 0.898. The second kappa shape index (κ2) is 7.15. The van der Waals surface area contributed by atoms with Crippen molar-refractivity contribution in [3.63, 3.8) is 0 Å². The maximum absolute atomic E-state index is 13.1. The molecule has 0 spiro atoms. The fourth-order valence-corrected chi connectivity index (χ4v) is 4.21. The number of primary amides is 1. The lowest BCUT2D eigenvalue weighted by molar-refractivity contribution is -0.138. The van der Waals surface area contributed by atoms with Crippen molar-refractivity contribution in [2.75, 3.05) is 33.2 Å². The number of aromatic nitrogens is 2. The molecule has 138 valence electrons. The Morgan fingerprint density at radius 2 is 1.96 bits per heavy atom. The van der Waals surface area contributed by atoms with Crippen molar-refractivity contribution in [3.8, 4) is 0 Å². The van der Waals surface area contributed by atoms with Gasteiger partial charge in [-0.25, -0.2) is 4.98 Å². The average Bonchev–Trinajstić information content (AvgIpc) is 3.16. The highest BCUT2D eigenvalue weighted by Crippen LogP contribution is 2.34. The molecule has 0 aromatic carbocycles. The van der Waals surface area contributed by atoms with Crippen LogP contribution in [0.4, 0.5) is 0 Å². The molecule has 25 heavy (non-hydrogen) atoms. The number of amides is 2. The molecule has 0 saturated carbocycles. The van der Waals surface area contributed by atoms with E-state index in [0.29, 0.717) is 25.9 Å². The van der Waals surface area contributed by atoms with Gasteiger partial charge in [0, 0.05) is 50.1 Å². The van der Waals surface area contributed by atoms with Crippen molar-refractivity contribution in [3.05, 3.63) is 17.2 Å². The van der Waals surface area contributed by atoms with Crippen molar-refractivity contribution in [2.45, 2.75) is 39.0 Å². The average molecular weight is 347 g/mol. The van der Waals surface area contributed by atoms with Crippen LogP contribution in [0.1, 0.15) is 42.9 Å². The van der Waals surface area contributed by atoms with Gasteiger partial charge in [-0.1, -0.05) is 6.92 Å². The number of likely N-dealkylation sites (tertiary alicyclic amines) is 2. The lowest BCUT2D eigenvalue weighted by Crippen LogP contribution is -2.45. The van der Waals surface area contributed by atoms with Crippen molar-refractivity contribution in [1.29, 1.82) is 0 Å². The van der Waals surface area contributed by atoms with Crippen molar-refractivity contribution < 1.29 is 9.59 Å². The van der Waals surface area contributed by atoms with Gasteiger partial charge in [-0.05, 0) is 26.8 Å². The zero-order chi connectivity index (χ0) is 18.1. The predicted octanol–water partition coefficient (Wildman–Crippen LogP) is 0.650. The molecule has 2 fully saturated rings. The third-order valence-corrected chi connectivity index (χ3v) is 5.69. The Labute approximate surface area is 149 Å². The number of hydrogen-bond acceptors (Lipinski definition) is 4. The van der Waals surface area contributed by atoms with E-state index in [9.17, 15) is 9.59 Å². The molecule has 0 radical (unpaired) electrons. The van der Waals surface area contributed by atoms with Crippen LogP contribution in [0.25, 0.3) is 0 Å². The van der Waals surface area contributed by atoms with Crippen LogP contribution in [-0.4, -0.2) is 64.8 Å². The van der Waals surface area contributed by atoms with E-state index in [1.54, 1.807) is 0 Å². The minimum Gasteiger partial charge on any atom is -0.369 e. The van der Waals surface area contributed by atoms with Crippen LogP contribution >= 0.6 is 0 Å². The molecule has 7 heteroatoms. The van der Waals surface area contributed by atoms with Crippen LogP contribution in [-0.2, 0) is 16.0 Å². The van der Waals surface area contributed by atoms with E-state index in [1.807, 2.05) is 11.8 Å². The zero-order valence-corrected chi connectivity index (χ0v) is 15.4. The molecule has 3 N–H and O–H groups in total. The summed E-state index contributed by atoms with van der Waals surface area (Å²) < 4.78 is 0. The molecule has 2 atom stereocenters. The molecule has 1 aromatic rings. The number of aromatic amines is 1. The van der Waals surface area contributed by atoms with Gasteiger partial charge in [0.15, 0.2) is 0 Å². The summed E-state index contributed by atoms with van der Waals surface area (Å²) in [5, 5.41) is 0. The van der Waals surface area contributed by atoms with E-state index >= 15 is 0 Å². The normalized spacial score (nSPS) is 25.5. The van der Waals surface area contributed by atoms with Gasteiger partial charge in [-0.2, -0.15) is 0 Å². The molecule has 0 bridgehead atoms. The Balaban J connectivity index is 1.74. The Hall–Kier alpha value is -1.89. The maximum Gasteiger partial charge on any atom is 0.227 e. The summed E-state index contributed by atoms with van der Waals surface area (Å²) >= 11 is 0. The van der Waals surface area contributed by atoms with Crippen LogP contribution in [0.2, 0.25) is 0 Å². The zero-order valence-electron chi connectivity index (χ0n) is 15.4. The summed E-state index contributed by atoms with van der Waals surface area (Å²) in [6.45, 7) is 6.97. The fraction of sp³-hybridized carbons (Fsp3) is 0.722. The van der Waals surface area contributed by atoms with Crippen LogP contribution in [0.3, 0.4) is 0 Å². The third kappa shape index (κ3) is 3.56. The highest BCUT2D eigenvalue weighted by Gasteiger charge is 2.41. The van der Waals surface area contributed by atoms with Crippen molar-refractivity contribution in [1.82, 2.24) is 19.8 Å². The molecule has 2 aliphatic heterocycles. The molecular formula is C18H29N5O2. The highest BCUT2D eigenvalue weighted by atomic mass is 16.2. The van der Waals surface area contributed by atoms with Crippen LogP contribution < -0.4 is 5.73 Å². The minimum atomic E-state index is -0.246. The molecule has 0 unspecified atom stereocenters. The smallest absolute Gasteiger partial charge is 0.227 e. The first-order valence-electron chi connectivity index (χ1n) is 9.22. The van der Waals surface area contributed by atoms with Gasteiger partial charge in [0.1, 0.15) is 5.82 Å². The van der Waals surface area contributed by atoms with Crippen molar-refractivity contribution in [2.24, 2.45) is 17.6 Å². The molecule has 3 heterocycles. The number of carbonyl (C=O) groups excluding carboxylic acids is 2. The quantitative estimate of drug-likeness (QED) is 0.836. The number of aryl methyl sites for hydroxylation is 2. The second-order valence-electron chi connectivity index (χ2n) is 7.48.